The lowest BCUT2D eigenvalue weighted by atomic mass is 9.88. The molecule has 0 aliphatic carbocycles. The molecule has 4 atom stereocenters. The predicted molar refractivity (Wildman–Crippen MR) is 231 cm³/mol. The summed E-state index contributed by atoms with van der Waals surface area (Å²) in [6.07, 6.45) is 0. The summed E-state index contributed by atoms with van der Waals surface area (Å²) < 4.78 is 29.3. The number of methoxy groups -OCH3 is 4. The predicted octanol–water partition coefficient (Wildman–Crippen LogP) is 4.62. The van der Waals surface area contributed by atoms with Crippen molar-refractivity contribution in [2.45, 2.75) is 43.6 Å². The Morgan fingerprint density at radius 2 is 1.44 bits per heavy atom. The first-order valence-electron chi connectivity index (χ1n) is 19.6. The molecule has 0 bridgehead atoms. The molecule has 2 saturated heterocycles. The molecule has 2 aliphatic rings. The first-order chi connectivity index (χ1) is 30.1. The highest BCUT2D eigenvalue weighted by Gasteiger charge is 2.64. The zero-order valence-corrected chi connectivity index (χ0v) is 35.7. The van der Waals surface area contributed by atoms with Crippen LogP contribution in [0.3, 0.4) is 0 Å². The van der Waals surface area contributed by atoms with E-state index in [0.29, 0.717) is 50.7 Å². The van der Waals surface area contributed by atoms with Crippen molar-refractivity contribution >= 4 is 68.4 Å². The largest absolute Gasteiger partial charge is 0.497 e. The molecule has 8 rings (SSSR count). The molecule has 0 spiro atoms. The highest BCUT2D eigenvalue weighted by molar-refractivity contribution is 6.35. The molecule has 3 N–H and O–H groups in total. The number of hydrogen-bond acceptors (Lipinski definition) is 14. The van der Waals surface area contributed by atoms with Gasteiger partial charge >= 0.3 is 11.7 Å². The quantitative estimate of drug-likeness (QED) is 0.113. The van der Waals surface area contributed by atoms with Crippen molar-refractivity contribution in [2.24, 2.45) is 12.0 Å². The average molecular weight is 857 g/mol. The molecular formula is C45H44N8O10. The summed E-state index contributed by atoms with van der Waals surface area (Å²) >= 11 is 0. The Morgan fingerprint density at radius 3 is 2.05 bits per heavy atom. The van der Waals surface area contributed by atoms with Crippen molar-refractivity contribution < 1.29 is 48.0 Å². The number of imidazole rings is 2. The third-order valence-corrected chi connectivity index (χ3v) is 11.8. The Hall–Kier alpha value is -7.60. The Bertz CT molecular complexity index is 2900. The van der Waals surface area contributed by atoms with Crippen molar-refractivity contribution in [1.29, 1.82) is 5.41 Å². The second-order valence-corrected chi connectivity index (χ2v) is 15.2. The number of hydrogen-bond donors (Lipinski definition) is 3. The minimum atomic E-state index is -2.93. The zero-order valence-electron chi connectivity index (χ0n) is 35.7. The Labute approximate surface area is 360 Å². The number of para-hydroxylation sites is 2. The van der Waals surface area contributed by atoms with Gasteiger partial charge in [0.15, 0.2) is 17.1 Å². The molecule has 4 heterocycles. The van der Waals surface area contributed by atoms with Gasteiger partial charge in [0, 0.05) is 50.5 Å². The molecule has 0 radical (unpaired) electrons. The number of ketones is 3. The van der Waals surface area contributed by atoms with Crippen molar-refractivity contribution in [1.82, 2.24) is 19.5 Å². The number of aliphatic imine (C=N–C) groups is 1. The molecular weight excluding hydrogens is 813 g/mol. The number of aromatic amines is 1. The van der Waals surface area contributed by atoms with Gasteiger partial charge in [0.1, 0.15) is 64.8 Å². The lowest BCUT2D eigenvalue weighted by Crippen LogP contribution is -2.56. The number of nitrogens with zero attached hydrogens (tertiary/aromatic N) is 6. The summed E-state index contributed by atoms with van der Waals surface area (Å²) in [4.78, 5) is 74.9. The van der Waals surface area contributed by atoms with Crippen LogP contribution in [0.5, 0.6) is 23.0 Å². The molecule has 0 amide bonds. The summed E-state index contributed by atoms with van der Waals surface area (Å²) in [6.45, 7) is 2.93. The smallest absolute Gasteiger partial charge is 0.368 e. The normalized spacial score (nSPS) is 21.8. The van der Waals surface area contributed by atoms with Crippen LogP contribution >= 0.6 is 0 Å². The van der Waals surface area contributed by atoms with Crippen molar-refractivity contribution in [3.63, 3.8) is 0 Å². The summed E-state index contributed by atoms with van der Waals surface area (Å²) in [7, 11) is 8.71. The van der Waals surface area contributed by atoms with Crippen molar-refractivity contribution in [3.8, 4) is 23.0 Å². The van der Waals surface area contributed by atoms with E-state index in [1.165, 1.54) is 40.4 Å². The number of carbonyl (C=O) groups is 4. The van der Waals surface area contributed by atoms with E-state index < -0.39 is 46.5 Å². The van der Waals surface area contributed by atoms with Crippen LogP contribution in [0.4, 0.5) is 11.4 Å². The van der Waals surface area contributed by atoms with E-state index >= 15 is 0 Å². The SMILES string of the molecule is CN=C1C(c2nc3ccc(COc4cc(OC)cc(N5C(=N)C(c6nc7ccccc7n6C)C(=O)C5(O)C(=O)OC)c4)cc3[nH]2)C(=O)C(C)(C(C)=O)N1c1cc(OC)cc(OC)c1. The number of amidine groups is 2. The van der Waals surface area contributed by atoms with E-state index in [0.717, 1.165) is 12.0 Å². The second-order valence-electron chi connectivity index (χ2n) is 15.2. The third-order valence-electron chi connectivity index (χ3n) is 11.8. The van der Waals surface area contributed by atoms with Crippen LogP contribution in [-0.4, -0.2) is 106 Å². The minimum Gasteiger partial charge on any atom is -0.497 e. The molecule has 6 aromatic rings. The van der Waals surface area contributed by atoms with Crippen molar-refractivity contribution in [2.75, 3.05) is 45.3 Å². The lowest BCUT2D eigenvalue weighted by Gasteiger charge is -2.33. The molecule has 4 aromatic carbocycles. The van der Waals surface area contributed by atoms with E-state index in [9.17, 15) is 29.7 Å². The maximum atomic E-state index is 14.4. The molecule has 0 saturated carbocycles. The van der Waals surface area contributed by atoms with Crippen LogP contribution in [0.25, 0.3) is 22.1 Å². The number of nitrogens with one attached hydrogen (secondary N) is 2. The first kappa shape index (κ1) is 42.1. The van der Waals surface area contributed by atoms with Crippen LogP contribution in [0.2, 0.25) is 0 Å². The molecule has 2 aliphatic heterocycles. The highest BCUT2D eigenvalue weighted by atomic mass is 16.5. The number of anilines is 2. The number of H-pyrrole nitrogens is 1. The van der Waals surface area contributed by atoms with Crippen LogP contribution in [0.1, 0.15) is 42.9 Å². The van der Waals surface area contributed by atoms with Gasteiger partial charge in [-0.25, -0.2) is 14.8 Å². The summed E-state index contributed by atoms with van der Waals surface area (Å²) in [5.41, 5.74) is -0.990. The van der Waals surface area contributed by atoms with Crippen LogP contribution in [-0.2, 0) is 37.6 Å². The number of ether oxygens (including phenoxy) is 5. The molecule has 2 aromatic heterocycles. The number of benzene rings is 4. The van der Waals surface area contributed by atoms with E-state index in [2.05, 4.69) is 15.0 Å². The lowest BCUT2D eigenvalue weighted by molar-refractivity contribution is -0.165. The van der Waals surface area contributed by atoms with Crippen LogP contribution in [0.15, 0.2) is 83.9 Å². The Morgan fingerprint density at radius 1 is 0.825 bits per heavy atom. The number of rotatable bonds is 12. The van der Waals surface area contributed by atoms with Gasteiger partial charge in [-0.3, -0.25) is 29.7 Å². The highest BCUT2D eigenvalue weighted by Crippen LogP contribution is 2.45. The summed E-state index contributed by atoms with van der Waals surface area (Å²) in [5.74, 6) is -3.86. The molecule has 4 unspecified atom stereocenters. The maximum Gasteiger partial charge on any atom is 0.368 e. The molecule has 18 nitrogen and oxygen atoms in total. The van der Waals surface area contributed by atoms with Gasteiger partial charge in [0.2, 0.25) is 5.78 Å². The van der Waals surface area contributed by atoms with Gasteiger partial charge < -0.3 is 43.2 Å². The zero-order chi connectivity index (χ0) is 45.1. The van der Waals surface area contributed by atoms with Gasteiger partial charge in [-0.15, -0.1) is 0 Å². The van der Waals surface area contributed by atoms with E-state index in [1.807, 2.05) is 12.1 Å². The Kier molecular flexibility index (Phi) is 10.5. The van der Waals surface area contributed by atoms with Crippen LogP contribution in [0, 0.1) is 5.41 Å². The topological polar surface area (TPSA) is 224 Å². The second kappa shape index (κ2) is 15.7. The minimum absolute atomic E-state index is 0.00504. The van der Waals surface area contributed by atoms with E-state index in [1.54, 1.807) is 85.1 Å². The van der Waals surface area contributed by atoms with E-state index in [-0.39, 0.29) is 41.2 Å². The number of carbonyl (C=O) groups excluding carboxylic acids is 4. The number of aromatic nitrogens is 4. The fourth-order valence-corrected chi connectivity index (χ4v) is 8.40. The standard InChI is InChI=1S/C45H44N8O10/c1-23(54)44(2)37(55)36(41(47-3)53(44)26-17-27(59-5)20-28(18-26)60-6)40-48-31-14-13-24(15-33(31)49-40)22-63-30-19-25(16-29(21-30)61-7)52-39(46)35(38(56)45(52,58)43(57)62-8)42-50-32-11-9-10-12-34(32)51(42)4/h9-21,35-36,46,58H,22H2,1-8H3,(H,48,49). The number of Topliss-reactive ketones (excluding diaryl/α,β-unsaturated/α-hetero) is 3. The van der Waals surface area contributed by atoms with Gasteiger partial charge in [-0.2, -0.15) is 0 Å². The van der Waals surface area contributed by atoms with Gasteiger partial charge in [0.05, 0.1) is 61.9 Å². The molecule has 18 heteroatoms. The number of fused-ring (bicyclic) bond motifs is 2. The number of aryl methyl sites for hydroxylation is 1. The Balaban J connectivity index is 1.10. The molecule has 324 valence electrons. The molecule has 63 heavy (non-hydrogen) atoms. The van der Waals surface area contributed by atoms with Gasteiger partial charge in [0.25, 0.3) is 0 Å². The fourth-order valence-electron chi connectivity index (χ4n) is 8.40. The van der Waals surface area contributed by atoms with E-state index in [4.69, 9.17) is 28.7 Å². The maximum absolute atomic E-state index is 14.4. The summed E-state index contributed by atoms with van der Waals surface area (Å²) in [5, 5.41) is 21.2. The monoisotopic (exact) mass is 856 g/mol. The fraction of sp³-hybridized carbons (Fsp3) is 0.289. The molecule has 2 fully saturated rings. The van der Waals surface area contributed by atoms with Gasteiger partial charge in [-0.05, 0) is 43.7 Å². The van der Waals surface area contributed by atoms with Crippen LogP contribution < -0.4 is 28.7 Å². The first-order valence-corrected chi connectivity index (χ1v) is 19.6. The van der Waals surface area contributed by atoms with Crippen molar-refractivity contribution in [3.05, 3.63) is 96.1 Å². The summed E-state index contributed by atoms with van der Waals surface area (Å²) in [6, 6.07) is 22.1. The number of esters is 1. The van der Waals surface area contributed by atoms with Gasteiger partial charge in [-0.1, -0.05) is 18.2 Å². The third kappa shape index (κ3) is 6.52. The number of aliphatic hydroxyl groups is 1. The average Bonchev–Trinajstić information content (AvgIpc) is 3.98.